The molecule has 2 rings (SSSR count). The van der Waals surface area contributed by atoms with E-state index in [-0.39, 0.29) is 29.6 Å². The van der Waals surface area contributed by atoms with Gasteiger partial charge in [-0.15, -0.1) is 12.4 Å². The van der Waals surface area contributed by atoms with Crippen LogP contribution in [0, 0.1) is 24.5 Å². The van der Waals surface area contributed by atoms with Crippen molar-refractivity contribution >= 4 is 18.3 Å². The third-order valence-corrected chi connectivity index (χ3v) is 3.99. The largest absolute Gasteiger partial charge is 0.334 e. The van der Waals surface area contributed by atoms with Crippen LogP contribution in [0.1, 0.15) is 35.7 Å². The number of piperidine rings is 1. The van der Waals surface area contributed by atoms with Gasteiger partial charge in [0, 0.05) is 25.2 Å². The number of hydrogen-bond donors (Lipinski definition) is 1. The molecule has 1 fully saturated rings. The number of carbonyl (C=O) groups excluding carboxylic acids is 1. The Balaban J connectivity index is 0.00000220. The molecule has 1 aliphatic heterocycles. The fraction of sp³-hybridized carbons (Fsp3) is 0.533. The number of amides is 1. The lowest BCUT2D eigenvalue weighted by Crippen LogP contribution is -2.49. The van der Waals surface area contributed by atoms with E-state index in [1.54, 1.807) is 4.90 Å². The van der Waals surface area contributed by atoms with Crippen LogP contribution in [-0.4, -0.2) is 29.9 Å². The standard InChI is InChI=1S/C15H20F2N2O.ClH/c1-9-3-4-19(11(5-9)8-18)15(20)12-6-10(2)13(16)7-14(12)17;/h6-7,9,11H,3-5,8,18H2,1-2H3;1H. The molecule has 0 radical (unpaired) electrons. The smallest absolute Gasteiger partial charge is 0.257 e. The van der Waals surface area contributed by atoms with Gasteiger partial charge in [-0.3, -0.25) is 4.79 Å². The van der Waals surface area contributed by atoms with E-state index in [2.05, 4.69) is 6.92 Å². The van der Waals surface area contributed by atoms with Crippen LogP contribution in [0.3, 0.4) is 0 Å². The molecule has 1 aromatic rings. The number of aryl methyl sites for hydroxylation is 1. The van der Waals surface area contributed by atoms with Crippen molar-refractivity contribution in [1.29, 1.82) is 0 Å². The first kappa shape index (κ1) is 17.9. The molecule has 2 N–H and O–H groups in total. The number of likely N-dealkylation sites (tertiary alicyclic amines) is 1. The van der Waals surface area contributed by atoms with Crippen molar-refractivity contribution in [3.8, 4) is 0 Å². The first-order valence-electron chi connectivity index (χ1n) is 6.90. The highest BCUT2D eigenvalue weighted by Crippen LogP contribution is 2.25. The number of nitrogens with zero attached hydrogens (tertiary/aromatic N) is 1. The van der Waals surface area contributed by atoms with E-state index in [0.717, 1.165) is 18.9 Å². The van der Waals surface area contributed by atoms with E-state index >= 15 is 0 Å². The molecule has 21 heavy (non-hydrogen) atoms. The molecule has 1 aliphatic rings. The number of nitrogens with two attached hydrogens (primary N) is 1. The van der Waals surface area contributed by atoms with Gasteiger partial charge < -0.3 is 10.6 Å². The van der Waals surface area contributed by atoms with Gasteiger partial charge in [0.25, 0.3) is 5.91 Å². The summed E-state index contributed by atoms with van der Waals surface area (Å²) in [5.41, 5.74) is 5.91. The minimum absolute atomic E-state index is 0. The molecule has 0 aliphatic carbocycles. The zero-order valence-corrected chi connectivity index (χ0v) is 13.1. The molecule has 2 atom stereocenters. The molecule has 0 bridgehead atoms. The van der Waals surface area contributed by atoms with Crippen molar-refractivity contribution in [3.05, 3.63) is 34.9 Å². The molecule has 1 amide bonds. The molecule has 0 aromatic heterocycles. The van der Waals surface area contributed by atoms with E-state index in [9.17, 15) is 13.6 Å². The first-order valence-corrected chi connectivity index (χ1v) is 6.90. The van der Waals surface area contributed by atoms with Gasteiger partial charge in [-0.05, 0) is 37.3 Å². The van der Waals surface area contributed by atoms with Crippen molar-refractivity contribution in [2.75, 3.05) is 13.1 Å². The molecular weight excluding hydrogens is 298 g/mol. The average Bonchev–Trinajstić information content (AvgIpc) is 2.42. The zero-order chi connectivity index (χ0) is 14.9. The maximum atomic E-state index is 13.8. The lowest BCUT2D eigenvalue weighted by atomic mass is 9.91. The molecule has 0 saturated carbocycles. The highest BCUT2D eigenvalue weighted by molar-refractivity contribution is 5.95. The second-order valence-corrected chi connectivity index (χ2v) is 5.60. The molecule has 118 valence electrons. The summed E-state index contributed by atoms with van der Waals surface area (Å²) in [6.07, 6.45) is 1.70. The number of rotatable bonds is 2. The molecular formula is C15H21ClF2N2O. The average molecular weight is 319 g/mol. The summed E-state index contributed by atoms with van der Waals surface area (Å²) in [5.74, 6) is -1.34. The summed E-state index contributed by atoms with van der Waals surface area (Å²) in [7, 11) is 0. The second-order valence-electron chi connectivity index (χ2n) is 5.60. The molecule has 1 saturated heterocycles. The van der Waals surface area contributed by atoms with Crippen molar-refractivity contribution in [2.24, 2.45) is 11.7 Å². The van der Waals surface area contributed by atoms with Crippen LogP contribution < -0.4 is 5.73 Å². The summed E-state index contributed by atoms with van der Waals surface area (Å²) in [5, 5.41) is 0. The summed E-state index contributed by atoms with van der Waals surface area (Å²) >= 11 is 0. The van der Waals surface area contributed by atoms with Crippen LogP contribution in [-0.2, 0) is 0 Å². The highest BCUT2D eigenvalue weighted by atomic mass is 35.5. The van der Waals surface area contributed by atoms with Crippen molar-refractivity contribution in [3.63, 3.8) is 0 Å². The van der Waals surface area contributed by atoms with Crippen molar-refractivity contribution < 1.29 is 13.6 Å². The number of carbonyl (C=O) groups is 1. The Labute approximate surface area is 129 Å². The molecule has 1 heterocycles. The molecule has 6 heteroatoms. The Kier molecular flexibility index (Phi) is 6.10. The Bertz CT molecular complexity index is 525. The van der Waals surface area contributed by atoms with E-state index in [1.165, 1.54) is 13.0 Å². The van der Waals surface area contributed by atoms with Gasteiger partial charge in [0.2, 0.25) is 0 Å². The normalized spacial score (nSPS) is 21.9. The van der Waals surface area contributed by atoms with Gasteiger partial charge >= 0.3 is 0 Å². The minimum atomic E-state index is -0.813. The van der Waals surface area contributed by atoms with Gasteiger partial charge in [0.15, 0.2) is 0 Å². The Morgan fingerprint density at radius 1 is 1.38 bits per heavy atom. The Morgan fingerprint density at radius 2 is 2.05 bits per heavy atom. The van der Waals surface area contributed by atoms with Crippen molar-refractivity contribution in [1.82, 2.24) is 4.90 Å². The topological polar surface area (TPSA) is 46.3 Å². The van der Waals surface area contributed by atoms with Gasteiger partial charge in [-0.25, -0.2) is 8.78 Å². The van der Waals surface area contributed by atoms with Gasteiger partial charge in [0.1, 0.15) is 11.6 Å². The van der Waals surface area contributed by atoms with Gasteiger partial charge in [-0.1, -0.05) is 6.92 Å². The van der Waals surface area contributed by atoms with E-state index in [0.29, 0.717) is 19.0 Å². The third-order valence-electron chi connectivity index (χ3n) is 3.99. The molecule has 2 unspecified atom stereocenters. The predicted octanol–water partition coefficient (Wildman–Crippen LogP) is 2.89. The van der Waals surface area contributed by atoms with Crippen LogP contribution in [0.15, 0.2) is 12.1 Å². The quantitative estimate of drug-likeness (QED) is 0.911. The fourth-order valence-corrected chi connectivity index (χ4v) is 2.72. The summed E-state index contributed by atoms with van der Waals surface area (Å²) in [6.45, 7) is 4.56. The summed E-state index contributed by atoms with van der Waals surface area (Å²) in [4.78, 5) is 14.1. The third kappa shape index (κ3) is 3.71. The monoisotopic (exact) mass is 318 g/mol. The number of hydrogen-bond acceptors (Lipinski definition) is 2. The molecule has 3 nitrogen and oxygen atoms in total. The van der Waals surface area contributed by atoms with Crippen LogP contribution in [0.2, 0.25) is 0 Å². The minimum Gasteiger partial charge on any atom is -0.334 e. The zero-order valence-electron chi connectivity index (χ0n) is 12.2. The van der Waals surface area contributed by atoms with Crippen LogP contribution in [0.25, 0.3) is 0 Å². The lowest BCUT2D eigenvalue weighted by Gasteiger charge is -2.38. The molecule has 0 spiro atoms. The van der Waals surface area contributed by atoms with E-state index in [4.69, 9.17) is 5.73 Å². The summed E-state index contributed by atoms with van der Waals surface area (Å²) < 4.78 is 27.1. The second kappa shape index (κ2) is 7.18. The lowest BCUT2D eigenvalue weighted by molar-refractivity contribution is 0.0568. The van der Waals surface area contributed by atoms with Crippen LogP contribution in [0.4, 0.5) is 8.78 Å². The van der Waals surface area contributed by atoms with Gasteiger partial charge in [-0.2, -0.15) is 0 Å². The maximum absolute atomic E-state index is 13.8. The molecule has 1 aromatic carbocycles. The first-order chi connectivity index (χ1) is 9.43. The number of halogens is 3. The maximum Gasteiger partial charge on any atom is 0.257 e. The Morgan fingerprint density at radius 3 is 2.67 bits per heavy atom. The van der Waals surface area contributed by atoms with Crippen molar-refractivity contribution in [2.45, 2.75) is 32.7 Å². The highest BCUT2D eigenvalue weighted by Gasteiger charge is 2.31. The SMILES string of the molecule is Cc1cc(C(=O)N2CCC(C)CC2CN)c(F)cc1F.Cl. The van der Waals surface area contributed by atoms with Crippen LogP contribution in [0.5, 0.6) is 0 Å². The van der Waals surface area contributed by atoms with E-state index in [1.807, 2.05) is 0 Å². The predicted molar refractivity (Wildman–Crippen MR) is 80.6 cm³/mol. The van der Waals surface area contributed by atoms with Gasteiger partial charge in [0.05, 0.1) is 5.56 Å². The number of benzene rings is 1. The van der Waals surface area contributed by atoms with Crippen LogP contribution >= 0.6 is 12.4 Å². The van der Waals surface area contributed by atoms with E-state index < -0.39 is 17.5 Å². The fourth-order valence-electron chi connectivity index (χ4n) is 2.72. The summed E-state index contributed by atoms with van der Waals surface area (Å²) in [6, 6.07) is 1.97. The Hall–Kier alpha value is -1.20.